The highest BCUT2D eigenvalue weighted by molar-refractivity contribution is 6.27. The van der Waals surface area contributed by atoms with Crippen LogP contribution in [0.25, 0.3) is 0 Å². The summed E-state index contributed by atoms with van der Waals surface area (Å²) in [5.41, 5.74) is 6.95. The molecule has 4 N–H and O–H groups in total. The number of benzene rings is 1. The molecule has 0 saturated heterocycles. The van der Waals surface area contributed by atoms with Gasteiger partial charge in [0, 0.05) is 19.1 Å². The predicted octanol–water partition coefficient (Wildman–Crippen LogP) is 1.68. The summed E-state index contributed by atoms with van der Waals surface area (Å²) in [5, 5.41) is 14.8. The van der Waals surface area contributed by atoms with Crippen LogP contribution in [0.1, 0.15) is 31.2 Å². The number of aliphatic carboxylic acids is 2. The molecule has 1 fully saturated rings. The van der Waals surface area contributed by atoms with Gasteiger partial charge in [-0.25, -0.2) is 14.4 Å². The Hall–Kier alpha value is -2.61. The van der Waals surface area contributed by atoms with Crippen LogP contribution in [-0.4, -0.2) is 52.3 Å². The molecular formula is C17H24N2O6. The molecule has 8 heteroatoms. The molecule has 0 bridgehead atoms. The fraction of sp³-hybridized carbons (Fsp3) is 0.471. The van der Waals surface area contributed by atoms with Crippen LogP contribution in [0.5, 0.6) is 0 Å². The van der Waals surface area contributed by atoms with E-state index in [9.17, 15) is 4.79 Å². The maximum absolute atomic E-state index is 12.0. The first-order valence-corrected chi connectivity index (χ1v) is 7.96. The fourth-order valence-corrected chi connectivity index (χ4v) is 2.52. The van der Waals surface area contributed by atoms with Crippen LogP contribution in [0.3, 0.4) is 0 Å². The summed E-state index contributed by atoms with van der Waals surface area (Å²) < 4.78 is 5.32. The first-order chi connectivity index (χ1) is 11.8. The lowest BCUT2D eigenvalue weighted by Crippen LogP contribution is -2.43. The maximum atomic E-state index is 12.0. The monoisotopic (exact) mass is 352 g/mol. The smallest absolute Gasteiger partial charge is 0.414 e. The van der Waals surface area contributed by atoms with E-state index in [4.69, 9.17) is 30.3 Å². The molecule has 0 radical (unpaired) electrons. The van der Waals surface area contributed by atoms with Crippen molar-refractivity contribution in [3.8, 4) is 0 Å². The Morgan fingerprint density at radius 1 is 1.16 bits per heavy atom. The van der Waals surface area contributed by atoms with Crippen LogP contribution in [0, 0.1) is 0 Å². The molecule has 2 rings (SSSR count). The number of ether oxygens (including phenoxy) is 1. The Bertz CT molecular complexity index is 566. The minimum absolute atomic E-state index is 0.211. The van der Waals surface area contributed by atoms with E-state index in [-0.39, 0.29) is 18.2 Å². The highest BCUT2D eigenvalue weighted by Gasteiger charge is 2.26. The molecule has 1 saturated carbocycles. The van der Waals surface area contributed by atoms with Gasteiger partial charge in [0.1, 0.15) is 6.61 Å². The highest BCUT2D eigenvalue weighted by Crippen LogP contribution is 2.21. The number of nitrogens with zero attached hydrogens (tertiary/aromatic N) is 1. The molecule has 1 aromatic carbocycles. The van der Waals surface area contributed by atoms with Crippen molar-refractivity contribution in [2.45, 2.75) is 44.4 Å². The zero-order valence-electron chi connectivity index (χ0n) is 14.1. The summed E-state index contributed by atoms with van der Waals surface area (Å²) in [5.74, 6) is -3.65. The minimum Gasteiger partial charge on any atom is -0.473 e. The van der Waals surface area contributed by atoms with Crippen LogP contribution in [0.15, 0.2) is 30.3 Å². The zero-order valence-corrected chi connectivity index (χ0v) is 14.1. The number of carbonyl (C=O) groups excluding carboxylic acids is 1. The number of amides is 1. The lowest BCUT2D eigenvalue weighted by molar-refractivity contribution is -0.159. The molecular weight excluding hydrogens is 328 g/mol. The van der Waals surface area contributed by atoms with Gasteiger partial charge in [0.25, 0.3) is 0 Å². The maximum Gasteiger partial charge on any atom is 0.414 e. The highest BCUT2D eigenvalue weighted by atomic mass is 16.6. The lowest BCUT2D eigenvalue weighted by atomic mass is 9.91. The van der Waals surface area contributed by atoms with Crippen molar-refractivity contribution in [2.75, 3.05) is 7.05 Å². The number of rotatable bonds is 3. The van der Waals surface area contributed by atoms with Gasteiger partial charge in [-0.05, 0) is 31.2 Å². The Morgan fingerprint density at radius 2 is 1.76 bits per heavy atom. The lowest BCUT2D eigenvalue weighted by Gasteiger charge is -2.33. The molecule has 0 heterocycles. The van der Waals surface area contributed by atoms with Crippen molar-refractivity contribution >= 4 is 18.0 Å². The van der Waals surface area contributed by atoms with Gasteiger partial charge in [0.05, 0.1) is 0 Å². The third-order valence-corrected chi connectivity index (χ3v) is 3.91. The van der Waals surface area contributed by atoms with E-state index in [2.05, 4.69) is 0 Å². The first kappa shape index (κ1) is 20.4. The Kier molecular flexibility index (Phi) is 8.42. The van der Waals surface area contributed by atoms with Crippen molar-refractivity contribution in [1.82, 2.24) is 4.90 Å². The van der Waals surface area contributed by atoms with Crippen molar-refractivity contribution in [3.63, 3.8) is 0 Å². The second-order valence-electron chi connectivity index (χ2n) is 5.84. The zero-order chi connectivity index (χ0) is 18.8. The number of nitrogens with two attached hydrogens (primary N) is 1. The summed E-state index contributed by atoms with van der Waals surface area (Å²) in [6, 6.07) is 10.1. The molecule has 1 aliphatic carbocycles. The molecule has 2 atom stereocenters. The number of hydrogen-bond donors (Lipinski definition) is 3. The standard InChI is InChI=1S/C15H22N2O2.C2H2O4/c1-17(14-9-5-8-13(16)10-14)15(18)19-11-12-6-3-2-4-7-12;3-1(4)2(5)6/h2-4,6-7,13-14H,5,8-11,16H2,1H3;(H,3,4)(H,5,6)/t13-,14-;/m1./s1. The topological polar surface area (TPSA) is 130 Å². The molecule has 138 valence electrons. The van der Waals surface area contributed by atoms with Crippen molar-refractivity contribution < 1.29 is 29.3 Å². The van der Waals surface area contributed by atoms with Crippen molar-refractivity contribution in [1.29, 1.82) is 0 Å². The third-order valence-electron chi connectivity index (χ3n) is 3.91. The van der Waals surface area contributed by atoms with Crippen molar-refractivity contribution in [2.24, 2.45) is 5.73 Å². The third kappa shape index (κ3) is 7.67. The average Bonchev–Trinajstić information content (AvgIpc) is 2.60. The van der Waals surface area contributed by atoms with Gasteiger partial charge in [-0.15, -0.1) is 0 Å². The molecule has 1 aliphatic rings. The normalized spacial score (nSPS) is 19.1. The molecule has 1 aromatic rings. The molecule has 0 aromatic heterocycles. The van der Waals surface area contributed by atoms with E-state index in [1.807, 2.05) is 30.3 Å². The summed E-state index contributed by atoms with van der Waals surface area (Å²) in [6.45, 7) is 0.322. The first-order valence-electron chi connectivity index (χ1n) is 7.96. The predicted molar refractivity (Wildman–Crippen MR) is 89.9 cm³/mol. The quantitative estimate of drug-likeness (QED) is 0.705. The number of carboxylic acids is 2. The molecule has 0 aliphatic heterocycles. The van der Waals surface area contributed by atoms with Gasteiger partial charge >= 0.3 is 18.0 Å². The van der Waals surface area contributed by atoms with Crippen LogP contribution in [-0.2, 0) is 20.9 Å². The number of hydrogen-bond acceptors (Lipinski definition) is 5. The molecule has 1 amide bonds. The van der Waals surface area contributed by atoms with E-state index in [0.717, 1.165) is 31.2 Å². The Balaban J connectivity index is 0.000000450. The summed E-state index contributed by atoms with van der Waals surface area (Å²) >= 11 is 0. The van der Waals surface area contributed by atoms with Gasteiger partial charge < -0.3 is 25.6 Å². The molecule has 0 unspecified atom stereocenters. The van der Waals surface area contributed by atoms with Gasteiger partial charge in [-0.1, -0.05) is 30.3 Å². The minimum atomic E-state index is -1.82. The van der Waals surface area contributed by atoms with Gasteiger partial charge in [-0.3, -0.25) is 0 Å². The molecule has 0 spiro atoms. The second kappa shape index (κ2) is 10.3. The van der Waals surface area contributed by atoms with Gasteiger partial charge in [0.2, 0.25) is 0 Å². The summed E-state index contributed by atoms with van der Waals surface area (Å²) in [6.07, 6.45) is 3.77. The van der Waals surface area contributed by atoms with E-state index < -0.39 is 11.9 Å². The van der Waals surface area contributed by atoms with E-state index >= 15 is 0 Å². The largest absolute Gasteiger partial charge is 0.473 e. The van der Waals surface area contributed by atoms with Crippen LogP contribution < -0.4 is 5.73 Å². The van der Waals surface area contributed by atoms with E-state index in [0.29, 0.717) is 6.61 Å². The summed E-state index contributed by atoms with van der Waals surface area (Å²) in [4.78, 5) is 31.9. The van der Waals surface area contributed by atoms with E-state index in [1.165, 1.54) is 0 Å². The summed E-state index contributed by atoms with van der Waals surface area (Å²) in [7, 11) is 1.80. The molecule has 8 nitrogen and oxygen atoms in total. The van der Waals surface area contributed by atoms with Gasteiger partial charge in [0.15, 0.2) is 0 Å². The average molecular weight is 352 g/mol. The van der Waals surface area contributed by atoms with Crippen LogP contribution in [0.2, 0.25) is 0 Å². The van der Waals surface area contributed by atoms with E-state index in [1.54, 1.807) is 11.9 Å². The van der Waals surface area contributed by atoms with Crippen molar-refractivity contribution in [3.05, 3.63) is 35.9 Å². The Morgan fingerprint density at radius 3 is 2.28 bits per heavy atom. The number of carbonyl (C=O) groups is 3. The number of carboxylic acid groups (broad SMARTS) is 2. The fourth-order valence-electron chi connectivity index (χ4n) is 2.52. The SMILES string of the molecule is CN(C(=O)OCc1ccccc1)[C@@H]1CCC[C@@H](N)C1.O=C(O)C(=O)O. The van der Waals surface area contributed by atoms with Gasteiger partial charge in [-0.2, -0.15) is 0 Å². The Labute approximate surface area is 146 Å². The van der Waals surface area contributed by atoms with Crippen LogP contribution >= 0.6 is 0 Å². The molecule has 25 heavy (non-hydrogen) atoms. The van der Waals surface area contributed by atoms with Crippen LogP contribution in [0.4, 0.5) is 4.79 Å². The second-order valence-corrected chi connectivity index (χ2v) is 5.84.